The van der Waals surface area contributed by atoms with Crippen LogP contribution >= 0.6 is 15.9 Å². The second-order valence-electron chi connectivity index (χ2n) is 3.70. The maximum absolute atomic E-state index is 5.64. The van der Waals surface area contributed by atoms with Crippen LogP contribution in [-0.4, -0.2) is 14.8 Å². The molecule has 0 amide bonds. The summed E-state index contributed by atoms with van der Waals surface area (Å²) < 4.78 is 2.97. The topological polar surface area (TPSA) is 56.7 Å². The summed E-state index contributed by atoms with van der Waals surface area (Å²) in [4.78, 5) is 4.25. The number of hydrogen-bond acceptors (Lipinski definition) is 3. The number of nitrogens with two attached hydrogens (primary N) is 1. The molecule has 2 aromatic rings. The van der Waals surface area contributed by atoms with Crippen LogP contribution in [0.4, 0.5) is 5.82 Å². The highest BCUT2D eigenvalue weighted by molar-refractivity contribution is 9.10. The van der Waals surface area contributed by atoms with E-state index in [4.69, 9.17) is 5.73 Å². The van der Waals surface area contributed by atoms with Crippen molar-refractivity contribution in [3.05, 3.63) is 39.8 Å². The molecule has 0 aliphatic rings. The summed E-state index contributed by atoms with van der Waals surface area (Å²) in [6.45, 7) is 4.64. The quantitative estimate of drug-likeness (QED) is 0.918. The van der Waals surface area contributed by atoms with Crippen LogP contribution in [0.1, 0.15) is 17.1 Å². The molecule has 0 unspecified atom stereocenters. The van der Waals surface area contributed by atoms with E-state index in [-0.39, 0.29) is 0 Å². The maximum Gasteiger partial charge on any atom is 0.123 e. The van der Waals surface area contributed by atoms with Gasteiger partial charge in [0.1, 0.15) is 5.82 Å². The first-order valence-corrected chi connectivity index (χ1v) is 5.78. The van der Waals surface area contributed by atoms with Gasteiger partial charge in [-0.05, 0) is 41.9 Å². The molecule has 84 valence electrons. The molecule has 4 nitrogen and oxygen atoms in total. The lowest BCUT2D eigenvalue weighted by molar-refractivity contribution is 0.647. The second-order valence-corrected chi connectivity index (χ2v) is 4.49. The van der Waals surface area contributed by atoms with Crippen molar-refractivity contribution in [2.75, 3.05) is 5.73 Å². The van der Waals surface area contributed by atoms with Crippen molar-refractivity contribution >= 4 is 21.7 Å². The summed E-state index contributed by atoms with van der Waals surface area (Å²) in [6.07, 6.45) is 0. The minimum absolute atomic E-state index is 0.540. The van der Waals surface area contributed by atoms with Crippen LogP contribution in [0, 0.1) is 13.8 Å². The Balaban J connectivity index is 2.30. The minimum Gasteiger partial charge on any atom is -0.384 e. The van der Waals surface area contributed by atoms with Gasteiger partial charge in [0.25, 0.3) is 0 Å². The van der Waals surface area contributed by atoms with Crippen LogP contribution in [-0.2, 0) is 6.54 Å². The number of anilines is 1. The molecule has 0 aliphatic heterocycles. The van der Waals surface area contributed by atoms with Crippen LogP contribution in [0.3, 0.4) is 0 Å². The summed E-state index contributed by atoms with van der Waals surface area (Å²) in [7, 11) is 0. The molecule has 2 heterocycles. The Morgan fingerprint density at radius 2 is 2.12 bits per heavy atom. The van der Waals surface area contributed by atoms with Crippen molar-refractivity contribution in [1.82, 2.24) is 14.8 Å². The third-order valence-electron chi connectivity index (χ3n) is 2.43. The number of pyridine rings is 1. The molecule has 0 fully saturated rings. The highest BCUT2D eigenvalue weighted by Crippen LogP contribution is 2.20. The van der Waals surface area contributed by atoms with E-state index in [1.165, 1.54) is 0 Å². The lowest BCUT2D eigenvalue weighted by atomic mass is 10.3. The molecule has 0 bridgehead atoms. The average molecular weight is 281 g/mol. The van der Waals surface area contributed by atoms with E-state index < -0.39 is 0 Å². The Morgan fingerprint density at radius 1 is 1.38 bits per heavy atom. The van der Waals surface area contributed by atoms with E-state index in [0.29, 0.717) is 12.4 Å². The summed E-state index contributed by atoms with van der Waals surface area (Å²) in [5.41, 5.74) is 8.64. The van der Waals surface area contributed by atoms with Crippen LogP contribution in [0.25, 0.3) is 0 Å². The highest BCUT2D eigenvalue weighted by Gasteiger charge is 2.09. The molecule has 2 aromatic heterocycles. The molecular formula is C11H13BrN4. The zero-order chi connectivity index (χ0) is 11.7. The van der Waals surface area contributed by atoms with Gasteiger partial charge in [-0.2, -0.15) is 5.10 Å². The van der Waals surface area contributed by atoms with Gasteiger partial charge in [-0.25, -0.2) is 4.98 Å². The first-order chi connectivity index (χ1) is 7.58. The maximum atomic E-state index is 5.64. The van der Waals surface area contributed by atoms with Gasteiger partial charge in [0, 0.05) is 0 Å². The number of hydrogen-bond donors (Lipinski definition) is 1. The number of nitrogen functional groups attached to an aromatic ring is 1. The SMILES string of the molecule is Cc1nn(Cc2cccc(N)n2)c(C)c1Br. The molecule has 5 heteroatoms. The predicted molar refractivity (Wildman–Crippen MR) is 67.2 cm³/mol. The van der Waals surface area contributed by atoms with Crippen LogP contribution in [0.5, 0.6) is 0 Å². The monoisotopic (exact) mass is 280 g/mol. The van der Waals surface area contributed by atoms with E-state index in [1.54, 1.807) is 6.07 Å². The molecule has 16 heavy (non-hydrogen) atoms. The number of nitrogens with zero attached hydrogens (tertiary/aromatic N) is 3. The van der Waals surface area contributed by atoms with E-state index in [2.05, 4.69) is 26.0 Å². The fraction of sp³-hybridized carbons (Fsp3) is 0.273. The molecule has 0 radical (unpaired) electrons. The van der Waals surface area contributed by atoms with Crippen molar-refractivity contribution in [3.63, 3.8) is 0 Å². The number of aromatic nitrogens is 3. The molecule has 0 spiro atoms. The largest absolute Gasteiger partial charge is 0.384 e. The summed E-state index contributed by atoms with van der Waals surface area (Å²) in [5, 5.41) is 4.42. The van der Waals surface area contributed by atoms with Crippen molar-refractivity contribution in [1.29, 1.82) is 0 Å². The Kier molecular flexibility index (Phi) is 2.96. The Morgan fingerprint density at radius 3 is 2.69 bits per heavy atom. The van der Waals surface area contributed by atoms with E-state index in [1.807, 2.05) is 30.7 Å². The van der Waals surface area contributed by atoms with E-state index >= 15 is 0 Å². The number of halogens is 1. The zero-order valence-corrected chi connectivity index (χ0v) is 10.8. The second kappa shape index (κ2) is 4.25. The van der Waals surface area contributed by atoms with Gasteiger partial charge in [-0.15, -0.1) is 0 Å². The fourth-order valence-corrected chi connectivity index (χ4v) is 1.85. The normalized spacial score (nSPS) is 10.7. The molecule has 0 atom stereocenters. The Bertz CT molecular complexity index is 519. The summed E-state index contributed by atoms with van der Waals surface area (Å²) in [6, 6.07) is 5.62. The summed E-state index contributed by atoms with van der Waals surface area (Å²) >= 11 is 3.50. The smallest absolute Gasteiger partial charge is 0.123 e. The van der Waals surface area contributed by atoms with Gasteiger partial charge in [-0.1, -0.05) is 6.07 Å². The fourth-order valence-electron chi connectivity index (χ4n) is 1.57. The molecular weight excluding hydrogens is 268 g/mol. The standard InChI is InChI=1S/C11H13BrN4/c1-7-11(12)8(2)16(15-7)6-9-4-3-5-10(13)14-9/h3-5H,6H2,1-2H3,(H2,13,14). The molecule has 0 aromatic carbocycles. The summed E-state index contributed by atoms with van der Waals surface area (Å²) in [5.74, 6) is 0.540. The number of aryl methyl sites for hydroxylation is 1. The highest BCUT2D eigenvalue weighted by atomic mass is 79.9. The third kappa shape index (κ3) is 2.09. The predicted octanol–water partition coefficient (Wildman–Crippen LogP) is 2.29. The molecule has 2 rings (SSSR count). The van der Waals surface area contributed by atoms with Gasteiger partial charge in [0.2, 0.25) is 0 Å². The third-order valence-corrected chi connectivity index (χ3v) is 3.58. The first-order valence-electron chi connectivity index (χ1n) is 4.99. The molecule has 2 N–H and O–H groups in total. The van der Waals surface area contributed by atoms with Crippen molar-refractivity contribution in [2.24, 2.45) is 0 Å². The average Bonchev–Trinajstić information content (AvgIpc) is 2.47. The molecule has 0 aliphatic carbocycles. The minimum atomic E-state index is 0.540. The van der Waals surface area contributed by atoms with Gasteiger partial charge in [-0.3, -0.25) is 4.68 Å². The van der Waals surface area contributed by atoms with E-state index in [0.717, 1.165) is 21.6 Å². The van der Waals surface area contributed by atoms with Crippen molar-refractivity contribution < 1.29 is 0 Å². The Labute approximate surface area is 103 Å². The van der Waals surface area contributed by atoms with Crippen molar-refractivity contribution in [2.45, 2.75) is 20.4 Å². The zero-order valence-electron chi connectivity index (χ0n) is 9.24. The van der Waals surface area contributed by atoms with Crippen molar-refractivity contribution in [3.8, 4) is 0 Å². The van der Waals surface area contributed by atoms with Gasteiger partial charge < -0.3 is 5.73 Å². The molecule has 0 saturated heterocycles. The van der Waals surface area contributed by atoms with Crippen LogP contribution in [0.2, 0.25) is 0 Å². The van der Waals surface area contributed by atoms with E-state index in [9.17, 15) is 0 Å². The van der Waals surface area contributed by atoms with Gasteiger partial charge >= 0.3 is 0 Å². The lowest BCUT2D eigenvalue weighted by Crippen LogP contribution is -2.06. The molecule has 0 saturated carbocycles. The first kappa shape index (κ1) is 11.1. The lowest BCUT2D eigenvalue weighted by Gasteiger charge is -2.04. The van der Waals surface area contributed by atoms with Gasteiger partial charge in [0.05, 0.1) is 28.1 Å². The van der Waals surface area contributed by atoms with Gasteiger partial charge in [0.15, 0.2) is 0 Å². The van der Waals surface area contributed by atoms with Crippen LogP contribution in [0.15, 0.2) is 22.7 Å². The van der Waals surface area contributed by atoms with Crippen LogP contribution < -0.4 is 5.73 Å². The Hall–Kier alpha value is -1.36. The number of rotatable bonds is 2.